The Balaban J connectivity index is 2.57. The Morgan fingerprint density at radius 3 is 1.33 bits per heavy atom. The average molecular weight is 80.1 g/mol. The summed E-state index contributed by atoms with van der Waals surface area (Å²) in [6.07, 6.45) is 4.33. The van der Waals surface area contributed by atoms with E-state index in [-0.39, 0.29) is 0 Å². The first-order chi connectivity index (χ1) is 2.79. The summed E-state index contributed by atoms with van der Waals surface area (Å²) in [6, 6.07) is 0. The smallest absolute Gasteiger partial charge is 0.0398 e. The molecule has 1 aliphatic carbocycles. The molecule has 0 saturated carbocycles. The number of rotatable bonds is 0. The second-order valence-electron chi connectivity index (χ2n) is 1.78. The maximum Gasteiger partial charge on any atom is -0.0398 e. The van der Waals surface area contributed by atoms with Crippen LogP contribution in [0.5, 0.6) is 0 Å². The van der Waals surface area contributed by atoms with Crippen molar-refractivity contribution < 1.29 is 0 Å². The highest BCUT2D eigenvalue weighted by Crippen LogP contribution is 2.13. The van der Waals surface area contributed by atoms with Crippen molar-refractivity contribution in [3.63, 3.8) is 0 Å². The van der Waals surface area contributed by atoms with Crippen LogP contribution in [0.25, 0.3) is 0 Å². The molecular formula is C6H8. The van der Waals surface area contributed by atoms with Crippen molar-refractivity contribution in [3.05, 3.63) is 23.3 Å². The van der Waals surface area contributed by atoms with Crippen molar-refractivity contribution in [1.82, 2.24) is 0 Å². The van der Waals surface area contributed by atoms with Crippen molar-refractivity contribution in [1.29, 1.82) is 0 Å². The van der Waals surface area contributed by atoms with Crippen molar-refractivity contribution >= 4 is 0 Å². The summed E-state index contributed by atoms with van der Waals surface area (Å²) in [4.78, 5) is 0. The van der Waals surface area contributed by atoms with Crippen LogP contribution in [0, 0.1) is 0 Å². The fraction of sp³-hybridized carbons (Fsp3) is 0.333. The summed E-state index contributed by atoms with van der Waals surface area (Å²) in [6.45, 7) is 4.21. The minimum absolute atomic E-state index is 1.40. The van der Waals surface area contributed by atoms with Crippen LogP contribution in [-0.2, 0) is 0 Å². The lowest BCUT2D eigenvalue weighted by molar-refractivity contribution is 1.33. The van der Waals surface area contributed by atoms with Gasteiger partial charge in [0.2, 0.25) is 0 Å². The average Bonchev–Trinajstić information content (AvgIpc) is 1.33. The second-order valence-corrected chi connectivity index (χ2v) is 1.78. The molecule has 0 aliphatic heterocycles. The normalized spacial score (nSPS) is 18.3. The minimum Gasteiger partial charge on any atom is -0.0564 e. The highest BCUT2D eigenvalue weighted by atomic mass is 14.0. The Morgan fingerprint density at radius 2 is 1.33 bits per heavy atom. The SMILES string of the molecule is CC1=CC(C)=C1. The van der Waals surface area contributed by atoms with E-state index < -0.39 is 0 Å². The van der Waals surface area contributed by atoms with E-state index in [0.717, 1.165) is 0 Å². The molecule has 1 rings (SSSR count). The molecule has 1 aliphatic rings. The Hall–Kier alpha value is -0.520. The molecule has 0 bridgehead atoms. The van der Waals surface area contributed by atoms with Crippen LogP contribution < -0.4 is 0 Å². The third-order valence-corrected chi connectivity index (χ3v) is 0.911. The van der Waals surface area contributed by atoms with Gasteiger partial charge in [-0.3, -0.25) is 0 Å². The Labute approximate surface area is 38.2 Å². The quantitative estimate of drug-likeness (QED) is 0.417. The monoisotopic (exact) mass is 80.1 g/mol. The molecular weight excluding hydrogens is 72.1 g/mol. The highest BCUT2D eigenvalue weighted by molar-refractivity contribution is 5.40. The van der Waals surface area contributed by atoms with Crippen LogP contribution in [-0.4, -0.2) is 0 Å². The number of hydrogen-bond donors (Lipinski definition) is 0. The van der Waals surface area contributed by atoms with E-state index >= 15 is 0 Å². The van der Waals surface area contributed by atoms with E-state index in [9.17, 15) is 0 Å². The standard InChI is InChI=1S/C6H8/c1-5-3-6(2)4-5/h3-4H,1-2H3. The van der Waals surface area contributed by atoms with Crippen LogP contribution in [0.1, 0.15) is 13.8 Å². The van der Waals surface area contributed by atoms with E-state index in [1.165, 1.54) is 11.1 Å². The summed E-state index contributed by atoms with van der Waals surface area (Å²) >= 11 is 0. The van der Waals surface area contributed by atoms with Gasteiger partial charge >= 0.3 is 0 Å². The van der Waals surface area contributed by atoms with Crippen molar-refractivity contribution in [2.24, 2.45) is 0 Å². The summed E-state index contributed by atoms with van der Waals surface area (Å²) in [7, 11) is 0. The Kier molecular flexibility index (Phi) is 0.592. The lowest BCUT2D eigenvalue weighted by atomic mass is 10.0. The highest BCUT2D eigenvalue weighted by Gasteiger charge is 1.93. The van der Waals surface area contributed by atoms with Gasteiger partial charge in [0.1, 0.15) is 0 Å². The summed E-state index contributed by atoms with van der Waals surface area (Å²) < 4.78 is 0. The van der Waals surface area contributed by atoms with E-state index in [4.69, 9.17) is 0 Å². The van der Waals surface area contributed by atoms with Crippen molar-refractivity contribution in [3.8, 4) is 0 Å². The van der Waals surface area contributed by atoms with E-state index in [1.54, 1.807) is 0 Å². The third-order valence-electron chi connectivity index (χ3n) is 0.911. The first-order valence-electron chi connectivity index (χ1n) is 2.15. The van der Waals surface area contributed by atoms with Gasteiger partial charge in [-0.2, -0.15) is 0 Å². The van der Waals surface area contributed by atoms with Gasteiger partial charge in [0.15, 0.2) is 0 Å². The molecule has 0 N–H and O–H groups in total. The zero-order chi connectivity index (χ0) is 4.57. The molecule has 0 aromatic rings. The first-order valence-corrected chi connectivity index (χ1v) is 2.15. The van der Waals surface area contributed by atoms with Crippen LogP contribution in [0.4, 0.5) is 0 Å². The predicted molar refractivity (Wildman–Crippen MR) is 27.5 cm³/mol. The van der Waals surface area contributed by atoms with Gasteiger partial charge in [0, 0.05) is 0 Å². The molecule has 32 valence electrons. The molecule has 0 heteroatoms. The molecule has 6 heavy (non-hydrogen) atoms. The molecule has 0 aromatic carbocycles. The van der Waals surface area contributed by atoms with Crippen LogP contribution in [0.2, 0.25) is 0 Å². The molecule has 0 fully saturated rings. The minimum atomic E-state index is 1.40. The van der Waals surface area contributed by atoms with Crippen molar-refractivity contribution in [2.75, 3.05) is 0 Å². The summed E-state index contributed by atoms with van der Waals surface area (Å²) in [5.41, 5.74) is 2.79. The van der Waals surface area contributed by atoms with Gasteiger partial charge in [-0.25, -0.2) is 0 Å². The van der Waals surface area contributed by atoms with Gasteiger partial charge < -0.3 is 0 Å². The fourth-order valence-electron chi connectivity index (χ4n) is 0.705. The van der Waals surface area contributed by atoms with E-state index in [1.807, 2.05) is 0 Å². The Morgan fingerprint density at radius 1 is 1.00 bits per heavy atom. The zero-order valence-electron chi connectivity index (χ0n) is 4.15. The van der Waals surface area contributed by atoms with Gasteiger partial charge in [-0.1, -0.05) is 23.3 Å². The largest absolute Gasteiger partial charge is 0.0564 e. The number of allylic oxidation sites excluding steroid dienone is 4. The molecule has 0 spiro atoms. The van der Waals surface area contributed by atoms with E-state index in [2.05, 4.69) is 26.0 Å². The van der Waals surface area contributed by atoms with E-state index in [0.29, 0.717) is 0 Å². The molecule has 0 saturated heterocycles. The molecule has 0 aromatic heterocycles. The zero-order valence-corrected chi connectivity index (χ0v) is 4.15. The van der Waals surface area contributed by atoms with Crippen molar-refractivity contribution in [2.45, 2.75) is 13.8 Å². The lowest BCUT2D eigenvalue weighted by Gasteiger charge is -2.03. The summed E-state index contributed by atoms with van der Waals surface area (Å²) in [5.74, 6) is 0. The van der Waals surface area contributed by atoms with Gasteiger partial charge in [0.25, 0.3) is 0 Å². The molecule has 0 amide bonds. The number of hydrogen-bond acceptors (Lipinski definition) is 0. The maximum absolute atomic E-state index is 2.17. The Bertz CT molecular complexity index is 94.5. The maximum atomic E-state index is 2.17. The van der Waals surface area contributed by atoms with Gasteiger partial charge in [-0.05, 0) is 13.8 Å². The topological polar surface area (TPSA) is 0 Å². The van der Waals surface area contributed by atoms with Crippen LogP contribution in [0.3, 0.4) is 0 Å². The lowest BCUT2D eigenvalue weighted by Crippen LogP contribution is -1.82. The molecule has 0 unspecified atom stereocenters. The van der Waals surface area contributed by atoms with Crippen LogP contribution >= 0.6 is 0 Å². The molecule has 0 heterocycles. The van der Waals surface area contributed by atoms with Gasteiger partial charge in [-0.15, -0.1) is 0 Å². The predicted octanol–water partition coefficient (Wildman–Crippen LogP) is 1.89. The molecule has 0 nitrogen and oxygen atoms in total. The molecule has 0 radical (unpaired) electrons. The third kappa shape index (κ3) is 0.383. The first kappa shape index (κ1) is 3.66. The fourth-order valence-corrected chi connectivity index (χ4v) is 0.705. The second kappa shape index (κ2) is 0.970. The summed E-state index contributed by atoms with van der Waals surface area (Å²) in [5, 5.41) is 0. The van der Waals surface area contributed by atoms with Crippen LogP contribution in [0.15, 0.2) is 23.3 Å². The molecule has 0 atom stereocenters. The van der Waals surface area contributed by atoms with Gasteiger partial charge in [0.05, 0.1) is 0 Å².